The lowest BCUT2D eigenvalue weighted by Gasteiger charge is -2.41. The third-order valence-electron chi connectivity index (χ3n) is 5.53. The Kier molecular flexibility index (Phi) is 3.79. The standard InChI is InChI=1S/C18H20N2O3S/c21-18(16-11-19-10-14-3-1-2-4-15(14)16)20-24(22,23)17-9-12-5-7-13(17)8-6-12/h1-4,10-13,17H,5-9H2,(H,20,21). The number of sulfonamides is 1. The first-order chi connectivity index (χ1) is 11.5. The van der Waals surface area contributed by atoms with Crippen LogP contribution in [0.5, 0.6) is 0 Å². The molecule has 5 nitrogen and oxygen atoms in total. The fraction of sp³-hybridized carbons (Fsp3) is 0.444. The van der Waals surface area contributed by atoms with E-state index in [1.165, 1.54) is 6.20 Å². The van der Waals surface area contributed by atoms with E-state index in [4.69, 9.17) is 0 Å². The summed E-state index contributed by atoms with van der Waals surface area (Å²) in [7, 11) is -3.66. The first kappa shape index (κ1) is 15.6. The van der Waals surface area contributed by atoms with Crippen molar-refractivity contribution in [3.63, 3.8) is 0 Å². The SMILES string of the molecule is O=C(NS(=O)(=O)C1CC2CCC1CC2)c1cncc2ccccc12. The smallest absolute Gasteiger partial charge is 0.266 e. The number of pyridine rings is 1. The van der Waals surface area contributed by atoms with Crippen molar-refractivity contribution in [1.29, 1.82) is 0 Å². The van der Waals surface area contributed by atoms with Crippen LogP contribution in [0.3, 0.4) is 0 Å². The molecule has 6 heteroatoms. The minimum Gasteiger partial charge on any atom is -0.268 e. The van der Waals surface area contributed by atoms with E-state index in [2.05, 4.69) is 9.71 Å². The van der Waals surface area contributed by atoms with Crippen molar-refractivity contribution in [3.8, 4) is 0 Å². The van der Waals surface area contributed by atoms with Crippen molar-refractivity contribution < 1.29 is 13.2 Å². The normalized spacial score (nSPS) is 26.4. The van der Waals surface area contributed by atoms with Crippen LogP contribution in [0.25, 0.3) is 10.8 Å². The second-order valence-corrected chi connectivity index (χ2v) is 8.84. The molecule has 1 atom stereocenters. The van der Waals surface area contributed by atoms with Crippen LogP contribution in [0.15, 0.2) is 36.7 Å². The van der Waals surface area contributed by atoms with Gasteiger partial charge in [-0.3, -0.25) is 9.78 Å². The molecule has 1 aromatic heterocycles. The Morgan fingerprint density at radius 2 is 1.83 bits per heavy atom. The van der Waals surface area contributed by atoms with E-state index in [0.717, 1.165) is 31.1 Å². The lowest BCUT2D eigenvalue weighted by molar-refractivity contribution is 0.0980. The topological polar surface area (TPSA) is 76.1 Å². The molecule has 0 spiro atoms. The Labute approximate surface area is 141 Å². The van der Waals surface area contributed by atoms with Gasteiger partial charge in [0.1, 0.15) is 0 Å². The van der Waals surface area contributed by atoms with E-state index in [1.54, 1.807) is 12.3 Å². The Bertz CT molecular complexity index is 881. The number of carbonyl (C=O) groups is 1. The number of amides is 1. The molecular weight excluding hydrogens is 324 g/mol. The lowest BCUT2D eigenvalue weighted by Crippen LogP contribution is -2.47. The van der Waals surface area contributed by atoms with Gasteiger partial charge >= 0.3 is 0 Å². The molecule has 1 N–H and O–H groups in total. The predicted molar refractivity (Wildman–Crippen MR) is 92.0 cm³/mol. The van der Waals surface area contributed by atoms with Gasteiger partial charge < -0.3 is 0 Å². The van der Waals surface area contributed by atoms with Gasteiger partial charge in [-0.25, -0.2) is 13.1 Å². The fourth-order valence-electron chi connectivity index (χ4n) is 4.25. The van der Waals surface area contributed by atoms with Gasteiger partial charge in [0, 0.05) is 17.8 Å². The Morgan fingerprint density at radius 3 is 2.54 bits per heavy atom. The molecule has 3 aliphatic rings. The Hall–Kier alpha value is -1.95. The zero-order valence-corrected chi connectivity index (χ0v) is 14.1. The largest absolute Gasteiger partial charge is 0.268 e. The molecule has 5 rings (SSSR count). The minimum absolute atomic E-state index is 0.186. The first-order valence-electron chi connectivity index (χ1n) is 8.43. The molecule has 2 bridgehead atoms. The summed E-state index contributed by atoms with van der Waals surface area (Å²) in [6.45, 7) is 0. The number of hydrogen-bond donors (Lipinski definition) is 1. The van der Waals surface area contributed by atoms with Crippen LogP contribution < -0.4 is 4.72 Å². The van der Waals surface area contributed by atoms with Crippen LogP contribution in [0.4, 0.5) is 0 Å². The molecule has 3 fully saturated rings. The van der Waals surface area contributed by atoms with Crippen molar-refractivity contribution in [1.82, 2.24) is 9.71 Å². The maximum Gasteiger partial charge on any atom is 0.266 e. The van der Waals surface area contributed by atoms with Crippen molar-refractivity contribution in [2.24, 2.45) is 11.8 Å². The van der Waals surface area contributed by atoms with Crippen molar-refractivity contribution in [3.05, 3.63) is 42.2 Å². The van der Waals surface area contributed by atoms with Crippen LogP contribution in [0.2, 0.25) is 0 Å². The molecule has 0 radical (unpaired) electrons. The second kappa shape index (κ2) is 5.84. The van der Waals surface area contributed by atoms with Gasteiger partial charge in [-0.15, -0.1) is 0 Å². The average Bonchev–Trinajstić information content (AvgIpc) is 2.62. The lowest BCUT2D eigenvalue weighted by atomic mass is 9.70. The number of rotatable bonds is 3. The quantitative estimate of drug-likeness (QED) is 0.929. The third kappa shape index (κ3) is 2.69. The van der Waals surface area contributed by atoms with Gasteiger partial charge in [-0.1, -0.05) is 37.1 Å². The summed E-state index contributed by atoms with van der Waals surface area (Å²) < 4.78 is 27.8. The van der Waals surface area contributed by atoms with Crippen LogP contribution >= 0.6 is 0 Å². The molecular formula is C18H20N2O3S. The summed E-state index contributed by atoms with van der Waals surface area (Å²) in [5.74, 6) is 0.0950. The average molecular weight is 344 g/mol. The van der Waals surface area contributed by atoms with Crippen molar-refractivity contribution >= 4 is 26.7 Å². The Morgan fingerprint density at radius 1 is 1.08 bits per heavy atom. The molecule has 3 aliphatic carbocycles. The van der Waals surface area contributed by atoms with Crippen molar-refractivity contribution in [2.45, 2.75) is 37.4 Å². The number of fused-ring (bicyclic) bond motifs is 4. The molecule has 1 aromatic carbocycles. The molecule has 126 valence electrons. The van der Waals surface area contributed by atoms with E-state index in [-0.39, 0.29) is 5.92 Å². The van der Waals surface area contributed by atoms with E-state index < -0.39 is 21.2 Å². The molecule has 1 amide bonds. The molecule has 0 saturated heterocycles. The van der Waals surface area contributed by atoms with Gasteiger partial charge in [-0.2, -0.15) is 0 Å². The van der Waals surface area contributed by atoms with Gasteiger partial charge in [0.25, 0.3) is 5.91 Å². The highest BCUT2D eigenvalue weighted by Crippen LogP contribution is 2.43. The molecule has 1 heterocycles. The van der Waals surface area contributed by atoms with E-state index in [0.29, 0.717) is 23.3 Å². The minimum atomic E-state index is -3.66. The molecule has 2 aromatic rings. The molecule has 3 saturated carbocycles. The van der Waals surface area contributed by atoms with Crippen LogP contribution in [0, 0.1) is 11.8 Å². The zero-order valence-electron chi connectivity index (χ0n) is 13.3. The third-order valence-corrected chi connectivity index (χ3v) is 7.37. The number of carbonyl (C=O) groups excluding carboxylic acids is 1. The highest BCUT2D eigenvalue weighted by molar-refractivity contribution is 7.90. The van der Waals surface area contributed by atoms with Gasteiger partial charge in [0.05, 0.1) is 10.8 Å². The van der Waals surface area contributed by atoms with E-state index in [1.807, 2.05) is 18.2 Å². The summed E-state index contributed by atoms with van der Waals surface area (Å²) in [5.41, 5.74) is 0.303. The number of benzene rings is 1. The molecule has 0 aliphatic heterocycles. The van der Waals surface area contributed by atoms with Crippen LogP contribution in [-0.2, 0) is 10.0 Å². The van der Waals surface area contributed by atoms with Crippen LogP contribution in [0.1, 0.15) is 42.5 Å². The molecule has 1 unspecified atom stereocenters. The fourth-order valence-corrected chi connectivity index (χ4v) is 6.08. The van der Waals surface area contributed by atoms with Gasteiger partial charge in [0.2, 0.25) is 10.0 Å². The number of hydrogen-bond acceptors (Lipinski definition) is 4. The zero-order chi connectivity index (χ0) is 16.7. The number of nitrogens with zero attached hydrogens (tertiary/aromatic N) is 1. The highest BCUT2D eigenvalue weighted by atomic mass is 32.2. The first-order valence-corrected chi connectivity index (χ1v) is 9.98. The van der Waals surface area contributed by atoms with Gasteiger partial charge in [-0.05, 0) is 36.5 Å². The maximum atomic E-state index is 12.7. The van der Waals surface area contributed by atoms with Crippen molar-refractivity contribution in [2.75, 3.05) is 0 Å². The summed E-state index contributed by atoms with van der Waals surface area (Å²) in [4.78, 5) is 16.7. The Balaban J connectivity index is 1.61. The summed E-state index contributed by atoms with van der Waals surface area (Å²) >= 11 is 0. The molecule has 24 heavy (non-hydrogen) atoms. The summed E-state index contributed by atoms with van der Waals surface area (Å²) in [6.07, 6.45) is 7.94. The summed E-state index contributed by atoms with van der Waals surface area (Å²) in [6, 6.07) is 7.35. The predicted octanol–water partition coefficient (Wildman–Crippen LogP) is 2.87. The number of aromatic nitrogens is 1. The maximum absolute atomic E-state index is 12.7. The monoisotopic (exact) mass is 344 g/mol. The van der Waals surface area contributed by atoms with Gasteiger partial charge in [0.15, 0.2) is 0 Å². The van der Waals surface area contributed by atoms with E-state index in [9.17, 15) is 13.2 Å². The van der Waals surface area contributed by atoms with Crippen LogP contribution in [-0.4, -0.2) is 24.6 Å². The van der Waals surface area contributed by atoms with E-state index >= 15 is 0 Å². The second-order valence-electron chi connectivity index (χ2n) is 6.94. The number of nitrogens with one attached hydrogen (secondary N) is 1. The summed E-state index contributed by atoms with van der Waals surface area (Å²) in [5, 5.41) is 1.10. The highest BCUT2D eigenvalue weighted by Gasteiger charge is 2.43.